The topological polar surface area (TPSA) is 29.3 Å². The Morgan fingerprint density at radius 3 is 2.67 bits per heavy atom. The molecule has 1 aromatic carbocycles. The summed E-state index contributed by atoms with van der Waals surface area (Å²) in [5, 5.41) is 0. The molecule has 0 radical (unpaired) electrons. The van der Waals surface area contributed by atoms with Gasteiger partial charge >= 0.3 is 6.18 Å². The summed E-state index contributed by atoms with van der Waals surface area (Å²) in [6, 6.07) is 4.37. The van der Waals surface area contributed by atoms with Gasteiger partial charge in [0.05, 0.1) is 5.56 Å². The van der Waals surface area contributed by atoms with Crippen molar-refractivity contribution in [3.8, 4) is 0 Å². The molecule has 18 heavy (non-hydrogen) atoms. The van der Waals surface area contributed by atoms with Crippen LogP contribution in [0.5, 0.6) is 0 Å². The van der Waals surface area contributed by atoms with Crippen LogP contribution in [0, 0.1) is 0 Å². The van der Waals surface area contributed by atoms with Crippen LogP contribution < -0.4 is 5.73 Å². The second-order valence-corrected chi connectivity index (χ2v) is 5.50. The van der Waals surface area contributed by atoms with E-state index < -0.39 is 11.7 Å². The van der Waals surface area contributed by atoms with E-state index in [0.29, 0.717) is 23.1 Å². The Morgan fingerprint density at radius 2 is 2.11 bits per heavy atom. The predicted octanol–water partition coefficient (Wildman–Crippen LogP) is 3.00. The molecular weight excluding hydrogens is 309 g/mol. The van der Waals surface area contributed by atoms with Gasteiger partial charge in [-0.05, 0) is 24.1 Å². The average molecular weight is 323 g/mol. The highest BCUT2D eigenvalue weighted by Gasteiger charge is 2.34. The maximum atomic E-state index is 12.9. The smallest absolute Gasteiger partial charge is 0.326 e. The van der Waals surface area contributed by atoms with E-state index in [1.807, 2.05) is 4.90 Å². The molecule has 0 aromatic heterocycles. The van der Waals surface area contributed by atoms with Crippen LogP contribution in [0.3, 0.4) is 0 Å². The Morgan fingerprint density at radius 1 is 1.39 bits per heavy atom. The van der Waals surface area contributed by atoms with Gasteiger partial charge in [-0.15, -0.1) is 0 Å². The van der Waals surface area contributed by atoms with E-state index in [9.17, 15) is 13.2 Å². The maximum Gasteiger partial charge on any atom is 0.416 e. The number of hydrogen-bond donors (Lipinski definition) is 1. The molecular formula is C12H14BrF3N2. The lowest BCUT2D eigenvalue weighted by atomic mass is 10.1. The third-order valence-electron chi connectivity index (χ3n) is 3.08. The van der Waals surface area contributed by atoms with Crippen LogP contribution in [0.2, 0.25) is 0 Å². The molecule has 1 aromatic rings. The minimum absolute atomic E-state index is 0.0785. The molecule has 6 heteroatoms. The number of nitrogens with zero attached hydrogens (tertiary/aromatic N) is 1. The average Bonchev–Trinajstić information content (AvgIpc) is 2.65. The summed E-state index contributed by atoms with van der Waals surface area (Å²) in [6.45, 7) is 1.72. The SMILES string of the molecule is N[C@@H]1CCN(Cc2ccc(Br)cc2C(F)(F)F)C1. The molecule has 0 amide bonds. The lowest BCUT2D eigenvalue weighted by Gasteiger charge is -2.19. The van der Waals surface area contributed by atoms with Gasteiger partial charge in [-0.2, -0.15) is 13.2 Å². The van der Waals surface area contributed by atoms with Gasteiger partial charge in [-0.1, -0.05) is 22.0 Å². The number of rotatable bonds is 2. The van der Waals surface area contributed by atoms with Crippen molar-refractivity contribution in [3.63, 3.8) is 0 Å². The van der Waals surface area contributed by atoms with Crippen molar-refractivity contribution >= 4 is 15.9 Å². The highest BCUT2D eigenvalue weighted by atomic mass is 79.9. The molecule has 0 unspecified atom stereocenters. The van der Waals surface area contributed by atoms with Gasteiger partial charge in [-0.3, -0.25) is 4.90 Å². The maximum absolute atomic E-state index is 12.9. The molecule has 0 saturated carbocycles. The third-order valence-corrected chi connectivity index (χ3v) is 3.57. The lowest BCUT2D eigenvalue weighted by Crippen LogP contribution is -2.27. The molecule has 2 N–H and O–H groups in total. The Labute approximate surface area is 112 Å². The van der Waals surface area contributed by atoms with E-state index in [1.165, 1.54) is 6.07 Å². The molecule has 1 aliphatic heterocycles. The van der Waals surface area contributed by atoms with E-state index in [-0.39, 0.29) is 6.04 Å². The summed E-state index contributed by atoms with van der Waals surface area (Å²) in [7, 11) is 0. The first-order chi connectivity index (χ1) is 8.36. The highest BCUT2D eigenvalue weighted by Crippen LogP contribution is 2.34. The zero-order valence-electron chi connectivity index (χ0n) is 9.67. The van der Waals surface area contributed by atoms with Gasteiger partial charge in [0.25, 0.3) is 0 Å². The van der Waals surface area contributed by atoms with Crippen molar-refractivity contribution < 1.29 is 13.2 Å². The van der Waals surface area contributed by atoms with Gasteiger partial charge in [0, 0.05) is 30.1 Å². The zero-order valence-corrected chi connectivity index (χ0v) is 11.3. The summed E-state index contributed by atoms with van der Waals surface area (Å²) < 4.78 is 39.2. The summed E-state index contributed by atoms with van der Waals surface area (Å²) in [5.41, 5.74) is 5.49. The second-order valence-electron chi connectivity index (χ2n) is 4.58. The summed E-state index contributed by atoms with van der Waals surface area (Å²) in [5.74, 6) is 0. The fourth-order valence-electron chi connectivity index (χ4n) is 2.20. The van der Waals surface area contributed by atoms with Gasteiger partial charge in [0.2, 0.25) is 0 Å². The van der Waals surface area contributed by atoms with Crippen molar-refractivity contribution in [2.24, 2.45) is 5.73 Å². The summed E-state index contributed by atoms with van der Waals surface area (Å²) in [6.07, 6.45) is -3.47. The number of hydrogen-bond acceptors (Lipinski definition) is 2. The molecule has 1 aliphatic rings. The minimum atomic E-state index is -4.32. The van der Waals surface area contributed by atoms with E-state index in [0.717, 1.165) is 19.0 Å². The number of alkyl halides is 3. The third kappa shape index (κ3) is 3.24. The van der Waals surface area contributed by atoms with Crippen molar-refractivity contribution in [2.45, 2.75) is 25.2 Å². The second kappa shape index (κ2) is 5.19. The summed E-state index contributed by atoms with van der Waals surface area (Å²) in [4.78, 5) is 1.96. The first-order valence-corrected chi connectivity index (χ1v) is 6.49. The molecule has 0 aliphatic carbocycles. The Kier molecular flexibility index (Phi) is 3.99. The van der Waals surface area contributed by atoms with Crippen molar-refractivity contribution in [1.82, 2.24) is 4.90 Å². The van der Waals surface area contributed by atoms with Crippen molar-refractivity contribution in [3.05, 3.63) is 33.8 Å². The van der Waals surface area contributed by atoms with E-state index in [2.05, 4.69) is 15.9 Å². The Hall–Kier alpha value is -0.590. The van der Waals surface area contributed by atoms with Crippen LogP contribution in [0.1, 0.15) is 17.5 Å². The Bertz CT molecular complexity index is 434. The quantitative estimate of drug-likeness (QED) is 0.907. The molecule has 2 rings (SSSR count). The molecule has 0 bridgehead atoms. The van der Waals surface area contributed by atoms with Crippen LogP contribution in [0.4, 0.5) is 13.2 Å². The normalized spacial score (nSPS) is 21.5. The number of halogens is 4. The number of likely N-dealkylation sites (tertiary alicyclic amines) is 1. The van der Waals surface area contributed by atoms with E-state index in [1.54, 1.807) is 6.07 Å². The van der Waals surface area contributed by atoms with Crippen molar-refractivity contribution in [2.75, 3.05) is 13.1 Å². The standard InChI is InChI=1S/C12H14BrF3N2/c13-9-2-1-8(11(5-9)12(14,15)16)6-18-4-3-10(17)7-18/h1-2,5,10H,3-4,6-7,17H2/t10-/m1/s1. The van der Waals surface area contributed by atoms with Gasteiger partial charge in [0.15, 0.2) is 0 Å². The Balaban J connectivity index is 2.22. The van der Waals surface area contributed by atoms with Crippen molar-refractivity contribution in [1.29, 1.82) is 0 Å². The lowest BCUT2D eigenvalue weighted by molar-refractivity contribution is -0.138. The zero-order chi connectivity index (χ0) is 13.3. The highest BCUT2D eigenvalue weighted by molar-refractivity contribution is 9.10. The van der Waals surface area contributed by atoms with Crippen LogP contribution in [-0.4, -0.2) is 24.0 Å². The van der Waals surface area contributed by atoms with Crippen LogP contribution in [0.25, 0.3) is 0 Å². The number of nitrogens with two attached hydrogens (primary N) is 1. The van der Waals surface area contributed by atoms with Gasteiger partial charge in [0.1, 0.15) is 0 Å². The van der Waals surface area contributed by atoms with Gasteiger partial charge < -0.3 is 5.73 Å². The van der Waals surface area contributed by atoms with Crippen LogP contribution in [-0.2, 0) is 12.7 Å². The van der Waals surface area contributed by atoms with E-state index in [4.69, 9.17) is 5.73 Å². The first kappa shape index (κ1) is 13.8. The van der Waals surface area contributed by atoms with E-state index >= 15 is 0 Å². The molecule has 2 nitrogen and oxygen atoms in total. The van der Waals surface area contributed by atoms with Crippen LogP contribution >= 0.6 is 15.9 Å². The largest absolute Gasteiger partial charge is 0.416 e. The predicted molar refractivity (Wildman–Crippen MR) is 67.0 cm³/mol. The summed E-state index contributed by atoms with van der Waals surface area (Å²) >= 11 is 3.08. The first-order valence-electron chi connectivity index (χ1n) is 5.70. The molecule has 1 saturated heterocycles. The monoisotopic (exact) mass is 322 g/mol. The fraction of sp³-hybridized carbons (Fsp3) is 0.500. The minimum Gasteiger partial charge on any atom is -0.326 e. The van der Waals surface area contributed by atoms with Gasteiger partial charge in [-0.25, -0.2) is 0 Å². The molecule has 100 valence electrons. The van der Waals surface area contributed by atoms with Crippen LogP contribution in [0.15, 0.2) is 22.7 Å². The molecule has 1 heterocycles. The number of benzene rings is 1. The molecule has 0 spiro atoms. The molecule has 1 fully saturated rings. The fourth-order valence-corrected chi connectivity index (χ4v) is 2.56. The molecule has 1 atom stereocenters.